The molecule has 0 saturated carbocycles. The topological polar surface area (TPSA) is 73.1 Å². The fraction of sp³-hybridized carbons (Fsp3) is 1.00. The zero-order valence-corrected chi connectivity index (χ0v) is 17.7. The first-order chi connectivity index (χ1) is 12.7. The average Bonchev–Trinajstić information content (AvgIpc) is 2.61. The standard InChI is InChI=1S/C18H36FN5O2S/c1-21-8-4-14(5-9-21)23(3)27(25,26)15-6-10-24(11-7-15)18-16(19)12-22(2)13-17(18)20/h14-18H,4-13,20H2,1-3H3. The van der Waals surface area contributed by atoms with Crippen molar-refractivity contribution in [1.29, 1.82) is 0 Å². The Bertz CT molecular complexity index is 579. The smallest absolute Gasteiger partial charge is 0.217 e. The summed E-state index contributed by atoms with van der Waals surface area (Å²) in [4.78, 5) is 6.26. The first kappa shape index (κ1) is 21.4. The van der Waals surface area contributed by atoms with Crippen molar-refractivity contribution in [1.82, 2.24) is 19.0 Å². The van der Waals surface area contributed by atoms with Gasteiger partial charge in [-0.25, -0.2) is 17.1 Å². The number of likely N-dealkylation sites (N-methyl/N-ethyl adjacent to an activating group) is 1. The van der Waals surface area contributed by atoms with Crippen molar-refractivity contribution in [3.8, 4) is 0 Å². The first-order valence-electron chi connectivity index (χ1n) is 10.2. The molecule has 3 saturated heterocycles. The minimum Gasteiger partial charge on any atom is -0.325 e. The Morgan fingerprint density at radius 1 is 0.963 bits per heavy atom. The maximum Gasteiger partial charge on any atom is 0.217 e. The molecule has 27 heavy (non-hydrogen) atoms. The van der Waals surface area contributed by atoms with Gasteiger partial charge in [0.25, 0.3) is 0 Å². The van der Waals surface area contributed by atoms with E-state index in [1.54, 1.807) is 11.4 Å². The molecule has 158 valence electrons. The highest BCUT2D eigenvalue weighted by Crippen LogP contribution is 2.28. The van der Waals surface area contributed by atoms with Gasteiger partial charge < -0.3 is 15.5 Å². The van der Waals surface area contributed by atoms with Gasteiger partial charge in [-0.3, -0.25) is 4.90 Å². The van der Waals surface area contributed by atoms with Crippen LogP contribution in [0.3, 0.4) is 0 Å². The van der Waals surface area contributed by atoms with E-state index in [4.69, 9.17) is 5.73 Å². The highest BCUT2D eigenvalue weighted by molar-refractivity contribution is 7.89. The molecule has 3 aliphatic heterocycles. The van der Waals surface area contributed by atoms with Gasteiger partial charge in [-0.05, 0) is 66.0 Å². The molecule has 0 aromatic carbocycles. The zero-order valence-electron chi connectivity index (χ0n) is 16.9. The number of hydrogen-bond acceptors (Lipinski definition) is 6. The predicted octanol–water partition coefficient (Wildman–Crippen LogP) is -0.214. The number of alkyl halides is 1. The summed E-state index contributed by atoms with van der Waals surface area (Å²) >= 11 is 0. The molecule has 3 rings (SSSR count). The van der Waals surface area contributed by atoms with Crippen LogP contribution in [0.1, 0.15) is 25.7 Å². The van der Waals surface area contributed by atoms with E-state index in [9.17, 15) is 12.8 Å². The lowest BCUT2D eigenvalue weighted by Gasteiger charge is -2.46. The summed E-state index contributed by atoms with van der Waals surface area (Å²) in [6, 6.07) is -0.424. The maximum absolute atomic E-state index is 14.6. The monoisotopic (exact) mass is 405 g/mol. The summed E-state index contributed by atoms with van der Waals surface area (Å²) < 4.78 is 42.4. The van der Waals surface area contributed by atoms with E-state index in [0.717, 1.165) is 25.9 Å². The molecule has 3 unspecified atom stereocenters. The largest absolute Gasteiger partial charge is 0.325 e. The lowest BCUT2D eigenvalue weighted by Crippen LogP contribution is -2.64. The van der Waals surface area contributed by atoms with Crippen LogP contribution in [0.4, 0.5) is 4.39 Å². The molecule has 3 aliphatic rings. The van der Waals surface area contributed by atoms with Crippen molar-refractivity contribution in [3.63, 3.8) is 0 Å². The Labute approximate surface area is 163 Å². The molecule has 3 heterocycles. The van der Waals surface area contributed by atoms with Crippen molar-refractivity contribution in [2.75, 3.05) is 60.4 Å². The summed E-state index contributed by atoms with van der Waals surface area (Å²) in [5.41, 5.74) is 6.21. The van der Waals surface area contributed by atoms with Gasteiger partial charge in [0.2, 0.25) is 10.0 Å². The SMILES string of the molecule is CN1CCC(N(C)S(=O)(=O)C2CCN(C3C(N)CN(C)CC3F)CC2)CC1. The Morgan fingerprint density at radius 2 is 1.56 bits per heavy atom. The van der Waals surface area contributed by atoms with E-state index in [-0.39, 0.29) is 23.4 Å². The summed E-state index contributed by atoms with van der Waals surface area (Å²) in [5.74, 6) is 0. The third kappa shape index (κ3) is 4.64. The fourth-order valence-electron chi connectivity index (χ4n) is 4.99. The Morgan fingerprint density at radius 3 is 2.11 bits per heavy atom. The third-order valence-electron chi connectivity index (χ3n) is 6.74. The van der Waals surface area contributed by atoms with Gasteiger partial charge in [-0.2, -0.15) is 0 Å². The number of rotatable bonds is 4. The van der Waals surface area contributed by atoms with Gasteiger partial charge >= 0.3 is 0 Å². The summed E-state index contributed by atoms with van der Waals surface area (Å²) in [5, 5.41) is -0.362. The van der Waals surface area contributed by atoms with E-state index >= 15 is 0 Å². The van der Waals surface area contributed by atoms with Crippen LogP contribution in [0.5, 0.6) is 0 Å². The van der Waals surface area contributed by atoms with Crippen molar-refractivity contribution >= 4 is 10.0 Å². The fourth-order valence-corrected chi connectivity index (χ4v) is 6.89. The summed E-state index contributed by atoms with van der Waals surface area (Å²) in [6.07, 6.45) is 1.92. The number of nitrogens with zero attached hydrogens (tertiary/aromatic N) is 4. The molecule has 3 atom stereocenters. The minimum absolute atomic E-state index is 0.0988. The number of likely N-dealkylation sites (tertiary alicyclic amines) is 3. The number of piperidine rings is 3. The normalized spacial score (nSPS) is 34.4. The quantitative estimate of drug-likeness (QED) is 0.698. The van der Waals surface area contributed by atoms with Gasteiger partial charge in [-0.1, -0.05) is 0 Å². The lowest BCUT2D eigenvalue weighted by molar-refractivity contribution is 0.0198. The van der Waals surface area contributed by atoms with E-state index in [1.165, 1.54) is 0 Å². The molecule has 2 N–H and O–H groups in total. The molecule has 0 radical (unpaired) electrons. The summed E-state index contributed by atoms with van der Waals surface area (Å²) in [6.45, 7) is 4.17. The Kier molecular flexibility index (Phi) is 6.80. The molecule has 0 amide bonds. The van der Waals surface area contributed by atoms with E-state index in [2.05, 4.69) is 16.8 Å². The van der Waals surface area contributed by atoms with Crippen LogP contribution < -0.4 is 5.73 Å². The third-order valence-corrected chi connectivity index (χ3v) is 9.16. The van der Waals surface area contributed by atoms with Crippen LogP contribution in [-0.4, -0.2) is 117 Å². The Hall–Kier alpha value is -0.320. The molecule has 9 heteroatoms. The number of sulfonamides is 1. The van der Waals surface area contributed by atoms with Gasteiger partial charge in [0.05, 0.1) is 11.3 Å². The molecule has 0 aromatic rings. The molecule has 0 bridgehead atoms. The van der Waals surface area contributed by atoms with Gasteiger partial charge in [0, 0.05) is 32.2 Å². The second-order valence-corrected chi connectivity index (χ2v) is 11.0. The number of nitrogens with two attached hydrogens (primary N) is 1. The second kappa shape index (κ2) is 8.59. The van der Waals surface area contributed by atoms with Crippen LogP contribution >= 0.6 is 0 Å². The summed E-state index contributed by atoms with van der Waals surface area (Å²) in [7, 11) is 2.39. The molecular formula is C18H36FN5O2S. The number of hydrogen-bond donors (Lipinski definition) is 1. The maximum atomic E-state index is 14.6. The average molecular weight is 406 g/mol. The van der Waals surface area contributed by atoms with Gasteiger partial charge in [0.1, 0.15) is 6.17 Å². The van der Waals surface area contributed by atoms with Gasteiger partial charge in [-0.15, -0.1) is 0 Å². The van der Waals surface area contributed by atoms with E-state index < -0.39 is 16.2 Å². The first-order valence-corrected chi connectivity index (χ1v) is 11.7. The van der Waals surface area contributed by atoms with Gasteiger partial charge in [0.15, 0.2) is 0 Å². The van der Waals surface area contributed by atoms with Crippen LogP contribution in [0.25, 0.3) is 0 Å². The second-order valence-electron chi connectivity index (χ2n) is 8.72. The highest BCUT2D eigenvalue weighted by Gasteiger charge is 2.42. The van der Waals surface area contributed by atoms with Crippen molar-refractivity contribution in [2.24, 2.45) is 5.73 Å². The lowest BCUT2D eigenvalue weighted by atomic mass is 9.94. The molecule has 0 aromatic heterocycles. The number of halogens is 1. The zero-order chi connectivity index (χ0) is 19.8. The van der Waals surface area contributed by atoms with Crippen molar-refractivity contribution < 1.29 is 12.8 Å². The Balaban J connectivity index is 1.58. The molecule has 0 aliphatic carbocycles. The van der Waals surface area contributed by atoms with Crippen LogP contribution in [0, 0.1) is 0 Å². The highest BCUT2D eigenvalue weighted by atomic mass is 32.2. The predicted molar refractivity (Wildman–Crippen MR) is 106 cm³/mol. The van der Waals surface area contributed by atoms with E-state index in [0.29, 0.717) is 39.0 Å². The van der Waals surface area contributed by atoms with Crippen LogP contribution in [0.2, 0.25) is 0 Å². The van der Waals surface area contributed by atoms with Crippen LogP contribution in [-0.2, 0) is 10.0 Å². The van der Waals surface area contributed by atoms with E-state index in [1.807, 2.05) is 11.9 Å². The molecule has 3 fully saturated rings. The molecule has 0 spiro atoms. The van der Waals surface area contributed by atoms with Crippen LogP contribution in [0.15, 0.2) is 0 Å². The molecular weight excluding hydrogens is 369 g/mol. The molecule has 7 nitrogen and oxygen atoms in total. The van der Waals surface area contributed by atoms with Crippen molar-refractivity contribution in [2.45, 2.75) is 55.2 Å². The van der Waals surface area contributed by atoms with Crippen molar-refractivity contribution in [3.05, 3.63) is 0 Å². The minimum atomic E-state index is -3.31.